The molecule has 1 aliphatic heterocycles. The first-order valence-corrected chi connectivity index (χ1v) is 5.91. The van der Waals surface area contributed by atoms with Gasteiger partial charge in [-0.1, -0.05) is 6.92 Å². The molecule has 1 saturated heterocycles. The average molecular weight is 193 g/mol. The van der Waals surface area contributed by atoms with Crippen molar-refractivity contribution in [3.8, 4) is 0 Å². The first kappa shape index (κ1) is 9.95. The topological polar surface area (TPSA) is 55.4 Å². The monoisotopic (exact) mass is 193 g/mol. The molecule has 0 radical (unpaired) electrons. The highest BCUT2D eigenvalue weighted by Gasteiger charge is 2.23. The van der Waals surface area contributed by atoms with Crippen LogP contribution in [0.3, 0.4) is 0 Å². The van der Waals surface area contributed by atoms with E-state index < -0.39 is 15.2 Å². The van der Waals surface area contributed by atoms with Gasteiger partial charge in [0.05, 0.1) is 6.61 Å². The van der Waals surface area contributed by atoms with Gasteiger partial charge in [-0.25, -0.2) is 8.42 Å². The van der Waals surface area contributed by atoms with Crippen molar-refractivity contribution >= 4 is 9.84 Å². The lowest BCUT2D eigenvalue weighted by Gasteiger charge is -2.13. The van der Waals surface area contributed by atoms with Gasteiger partial charge < -0.3 is 4.74 Å². The van der Waals surface area contributed by atoms with Crippen LogP contribution in [0.1, 0.15) is 13.3 Å². The summed E-state index contributed by atoms with van der Waals surface area (Å²) in [5, 5.41) is 2.56. The summed E-state index contributed by atoms with van der Waals surface area (Å²) in [6, 6.07) is 0. The van der Waals surface area contributed by atoms with Gasteiger partial charge in [0.15, 0.2) is 9.84 Å². The molecule has 0 aliphatic carbocycles. The first-order valence-electron chi connectivity index (χ1n) is 4.19. The number of hydrogen-bond acceptors (Lipinski definition) is 4. The molecule has 1 heterocycles. The molecule has 5 heteroatoms. The number of nitrogens with one attached hydrogen (secondary N) is 1. The van der Waals surface area contributed by atoms with Gasteiger partial charge in [0.2, 0.25) is 0 Å². The minimum absolute atomic E-state index is 0.199. The fourth-order valence-electron chi connectivity index (χ4n) is 1.19. The minimum Gasteiger partial charge on any atom is -0.380 e. The number of hydrogen-bond donors (Lipinski definition) is 1. The molecular formula is C7H15NO3S. The van der Waals surface area contributed by atoms with Crippen LogP contribution < -0.4 is 5.32 Å². The Balaban J connectivity index is 2.60. The molecule has 12 heavy (non-hydrogen) atoms. The highest BCUT2D eigenvalue weighted by atomic mass is 32.2. The molecular weight excluding hydrogens is 178 g/mol. The molecule has 1 aliphatic rings. The summed E-state index contributed by atoms with van der Waals surface area (Å²) in [5.41, 5.74) is 0. The third-order valence-corrected chi connectivity index (χ3v) is 4.05. The molecule has 0 saturated carbocycles. The van der Waals surface area contributed by atoms with Crippen LogP contribution in [0.4, 0.5) is 0 Å². The van der Waals surface area contributed by atoms with Crippen LogP contribution in [0.15, 0.2) is 0 Å². The summed E-state index contributed by atoms with van der Waals surface area (Å²) in [5.74, 6) is 0.199. The van der Waals surface area contributed by atoms with Crippen molar-refractivity contribution in [2.24, 2.45) is 0 Å². The quantitative estimate of drug-likeness (QED) is 0.657. The van der Waals surface area contributed by atoms with Gasteiger partial charge >= 0.3 is 0 Å². The maximum Gasteiger partial charge on any atom is 0.165 e. The maximum absolute atomic E-state index is 11.4. The van der Waals surface area contributed by atoms with Gasteiger partial charge in [-0.15, -0.1) is 0 Å². The van der Waals surface area contributed by atoms with Crippen molar-refractivity contribution in [1.29, 1.82) is 0 Å². The first-order chi connectivity index (χ1) is 5.67. The second-order valence-corrected chi connectivity index (χ2v) is 5.27. The molecule has 0 spiro atoms. The predicted molar refractivity (Wildman–Crippen MR) is 46.7 cm³/mol. The van der Waals surface area contributed by atoms with E-state index in [0.29, 0.717) is 26.2 Å². The molecule has 0 aromatic carbocycles. The molecule has 0 amide bonds. The number of ether oxygens (including phenoxy) is 1. The Hall–Kier alpha value is -0.130. The highest BCUT2D eigenvalue weighted by Crippen LogP contribution is 2.06. The Bertz CT molecular complexity index is 217. The Kier molecular flexibility index (Phi) is 3.49. The summed E-state index contributed by atoms with van der Waals surface area (Å²) >= 11 is 0. The molecule has 1 unspecified atom stereocenters. The van der Waals surface area contributed by atoms with Crippen LogP contribution in [-0.4, -0.2) is 39.3 Å². The van der Waals surface area contributed by atoms with E-state index in [2.05, 4.69) is 5.32 Å². The molecule has 0 aromatic rings. The van der Waals surface area contributed by atoms with E-state index in [9.17, 15) is 8.42 Å². The summed E-state index contributed by atoms with van der Waals surface area (Å²) in [6.07, 6.45) is 0.566. The zero-order valence-electron chi connectivity index (χ0n) is 7.25. The van der Waals surface area contributed by atoms with Gasteiger partial charge in [0.25, 0.3) is 0 Å². The standard InChI is InChI=1S/C7H15NO3S/c1-2-12(9,10)7-3-5-11-6-4-8-7/h7-8H,2-6H2,1H3. The van der Waals surface area contributed by atoms with Crippen LogP contribution in [0.25, 0.3) is 0 Å². The Labute approximate surface area is 73.2 Å². The van der Waals surface area contributed by atoms with Gasteiger partial charge in [-0.2, -0.15) is 0 Å². The van der Waals surface area contributed by atoms with Gasteiger partial charge in [0, 0.05) is 25.3 Å². The highest BCUT2D eigenvalue weighted by molar-refractivity contribution is 7.91. The number of sulfone groups is 1. The summed E-state index contributed by atoms with van der Waals surface area (Å²) in [4.78, 5) is 0. The second kappa shape index (κ2) is 4.20. The van der Waals surface area contributed by atoms with Crippen LogP contribution in [-0.2, 0) is 14.6 Å². The Morgan fingerprint density at radius 3 is 2.92 bits per heavy atom. The van der Waals surface area contributed by atoms with E-state index in [4.69, 9.17) is 4.74 Å². The van der Waals surface area contributed by atoms with Crippen molar-refractivity contribution < 1.29 is 13.2 Å². The molecule has 4 nitrogen and oxygen atoms in total. The van der Waals surface area contributed by atoms with E-state index in [0.717, 1.165) is 0 Å². The van der Waals surface area contributed by atoms with Gasteiger partial charge in [-0.05, 0) is 0 Å². The molecule has 1 N–H and O–H groups in total. The third kappa shape index (κ3) is 2.43. The fraction of sp³-hybridized carbons (Fsp3) is 1.00. The van der Waals surface area contributed by atoms with Crippen LogP contribution in [0.2, 0.25) is 0 Å². The lowest BCUT2D eigenvalue weighted by Crippen LogP contribution is -2.37. The smallest absolute Gasteiger partial charge is 0.165 e. The van der Waals surface area contributed by atoms with Crippen LogP contribution >= 0.6 is 0 Å². The average Bonchev–Trinajstić information content (AvgIpc) is 2.32. The van der Waals surface area contributed by atoms with Crippen molar-refractivity contribution in [3.63, 3.8) is 0 Å². The molecule has 0 bridgehead atoms. The van der Waals surface area contributed by atoms with E-state index in [1.54, 1.807) is 6.92 Å². The van der Waals surface area contributed by atoms with Crippen molar-refractivity contribution in [3.05, 3.63) is 0 Å². The fourth-order valence-corrected chi connectivity index (χ4v) is 2.42. The SMILES string of the molecule is CCS(=O)(=O)C1CCOCCN1. The van der Waals surface area contributed by atoms with Gasteiger partial charge in [0.1, 0.15) is 5.37 Å². The molecule has 0 aromatic heterocycles. The molecule has 72 valence electrons. The Morgan fingerprint density at radius 2 is 2.25 bits per heavy atom. The lowest BCUT2D eigenvalue weighted by molar-refractivity contribution is 0.151. The zero-order chi connectivity index (χ0) is 9.03. The summed E-state index contributed by atoms with van der Waals surface area (Å²) in [6.45, 7) is 3.44. The van der Waals surface area contributed by atoms with Crippen molar-refractivity contribution in [2.75, 3.05) is 25.5 Å². The largest absolute Gasteiger partial charge is 0.380 e. The third-order valence-electron chi connectivity index (χ3n) is 1.98. The van der Waals surface area contributed by atoms with Gasteiger partial charge in [-0.3, -0.25) is 5.32 Å². The van der Waals surface area contributed by atoms with Crippen LogP contribution in [0, 0.1) is 0 Å². The number of rotatable bonds is 2. The van der Waals surface area contributed by atoms with E-state index >= 15 is 0 Å². The predicted octanol–water partition coefficient (Wildman–Crippen LogP) is -0.243. The Morgan fingerprint density at radius 1 is 1.50 bits per heavy atom. The van der Waals surface area contributed by atoms with Crippen LogP contribution in [0.5, 0.6) is 0 Å². The van der Waals surface area contributed by atoms with E-state index in [-0.39, 0.29) is 5.75 Å². The van der Waals surface area contributed by atoms with Crippen molar-refractivity contribution in [1.82, 2.24) is 5.32 Å². The van der Waals surface area contributed by atoms with E-state index in [1.165, 1.54) is 0 Å². The lowest BCUT2D eigenvalue weighted by atomic mass is 10.4. The molecule has 1 rings (SSSR count). The molecule has 1 fully saturated rings. The summed E-state index contributed by atoms with van der Waals surface area (Å²) < 4.78 is 27.9. The minimum atomic E-state index is -2.94. The molecule has 1 atom stereocenters. The maximum atomic E-state index is 11.4. The van der Waals surface area contributed by atoms with Crippen molar-refractivity contribution in [2.45, 2.75) is 18.7 Å². The normalized spacial score (nSPS) is 26.6. The van der Waals surface area contributed by atoms with E-state index in [1.807, 2.05) is 0 Å². The second-order valence-electron chi connectivity index (χ2n) is 2.80. The summed E-state index contributed by atoms with van der Waals surface area (Å²) in [7, 11) is -2.94. The zero-order valence-corrected chi connectivity index (χ0v) is 8.06.